The van der Waals surface area contributed by atoms with Crippen LogP contribution in [0.25, 0.3) is 0 Å². The first-order valence-corrected chi connectivity index (χ1v) is 6.95. The Bertz CT molecular complexity index is 535. The predicted molar refractivity (Wildman–Crippen MR) is 75.2 cm³/mol. The minimum Gasteiger partial charge on any atom is -0.481 e. The Labute approximate surface area is 123 Å². The number of hydrogen-bond donors (Lipinski definition) is 1. The number of carboxylic acid groups (broad SMARTS) is 1. The van der Waals surface area contributed by atoms with Crippen molar-refractivity contribution in [1.29, 1.82) is 0 Å². The Morgan fingerprint density at radius 3 is 2.90 bits per heavy atom. The van der Waals surface area contributed by atoms with Crippen LogP contribution in [0.15, 0.2) is 24.3 Å². The van der Waals surface area contributed by atoms with Gasteiger partial charge in [-0.25, -0.2) is 9.18 Å². The standard InChI is InChI=1S/C15H19FN2O3/c1-17(10-11-4-2-5-12(16)8-11)15(21)18-7-3-6-13(18)9-14(19)20/h2,4-5,8,13H,3,6-7,9-10H2,1H3,(H,19,20). The molecule has 1 atom stereocenters. The summed E-state index contributed by atoms with van der Waals surface area (Å²) < 4.78 is 13.1. The summed E-state index contributed by atoms with van der Waals surface area (Å²) >= 11 is 0. The molecule has 1 aliphatic rings. The average Bonchev–Trinajstić information content (AvgIpc) is 2.85. The summed E-state index contributed by atoms with van der Waals surface area (Å²) in [6.45, 7) is 0.872. The van der Waals surface area contributed by atoms with Crippen molar-refractivity contribution in [3.05, 3.63) is 35.6 Å². The zero-order chi connectivity index (χ0) is 15.4. The SMILES string of the molecule is CN(Cc1cccc(F)c1)C(=O)N1CCCC1CC(=O)O. The lowest BCUT2D eigenvalue weighted by Gasteiger charge is -2.29. The summed E-state index contributed by atoms with van der Waals surface area (Å²) in [4.78, 5) is 26.3. The van der Waals surface area contributed by atoms with Crippen molar-refractivity contribution in [1.82, 2.24) is 9.80 Å². The highest BCUT2D eigenvalue weighted by Gasteiger charge is 2.31. The van der Waals surface area contributed by atoms with E-state index >= 15 is 0 Å². The van der Waals surface area contributed by atoms with Gasteiger partial charge in [0.1, 0.15) is 5.82 Å². The van der Waals surface area contributed by atoms with Crippen LogP contribution in [0, 0.1) is 5.82 Å². The van der Waals surface area contributed by atoms with Crippen LogP contribution in [0.3, 0.4) is 0 Å². The van der Waals surface area contributed by atoms with E-state index in [0.717, 1.165) is 6.42 Å². The van der Waals surface area contributed by atoms with Crippen molar-refractivity contribution >= 4 is 12.0 Å². The van der Waals surface area contributed by atoms with Crippen LogP contribution in [0.1, 0.15) is 24.8 Å². The highest BCUT2D eigenvalue weighted by molar-refractivity contribution is 5.76. The number of benzene rings is 1. The Morgan fingerprint density at radius 2 is 2.24 bits per heavy atom. The number of halogens is 1. The summed E-state index contributed by atoms with van der Waals surface area (Å²) in [6.07, 6.45) is 1.50. The van der Waals surface area contributed by atoms with Gasteiger partial charge in [0.05, 0.1) is 6.42 Å². The molecule has 1 aromatic rings. The number of amides is 2. The second-order valence-corrected chi connectivity index (χ2v) is 5.36. The minimum atomic E-state index is -0.896. The quantitative estimate of drug-likeness (QED) is 0.927. The molecule has 21 heavy (non-hydrogen) atoms. The van der Waals surface area contributed by atoms with Crippen molar-refractivity contribution in [3.63, 3.8) is 0 Å². The number of urea groups is 1. The van der Waals surface area contributed by atoms with Crippen LogP contribution in [0.5, 0.6) is 0 Å². The molecule has 114 valence electrons. The second-order valence-electron chi connectivity index (χ2n) is 5.36. The summed E-state index contributed by atoms with van der Waals surface area (Å²) in [5, 5.41) is 8.88. The summed E-state index contributed by atoms with van der Waals surface area (Å²) in [7, 11) is 1.64. The number of carboxylic acids is 1. The van der Waals surface area contributed by atoms with E-state index in [0.29, 0.717) is 25.1 Å². The van der Waals surface area contributed by atoms with Crippen LogP contribution >= 0.6 is 0 Å². The number of carbonyl (C=O) groups is 2. The molecular formula is C15H19FN2O3. The molecule has 0 aromatic heterocycles. The molecule has 5 nitrogen and oxygen atoms in total. The lowest BCUT2D eigenvalue weighted by Crippen LogP contribution is -2.44. The molecule has 2 rings (SSSR count). The van der Waals surface area contributed by atoms with Gasteiger partial charge in [0.15, 0.2) is 0 Å². The number of hydrogen-bond acceptors (Lipinski definition) is 2. The van der Waals surface area contributed by atoms with Crippen molar-refractivity contribution in [2.45, 2.75) is 31.8 Å². The van der Waals surface area contributed by atoms with E-state index in [1.807, 2.05) is 0 Å². The molecular weight excluding hydrogens is 275 g/mol. The van der Waals surface area contributed by atoms with Gasteiger partial charge in [-0.1, -0.05) is 12.1 Å². The second kappa shape index (κ2) is 6.56. The summed E-state index contributed by atoms with van der Waals surface area (Å²) in [6, 6.07) is 5.66. The van der Waals surface area contributed by atoms with Crippen LogP contribution in [-0.2, 0) is 11.3 Å². The van der Waals surface area contributed by atoms with Gasteiger partial charge >= 0.3 is 12.0 Å². The van der Waals surface area contributed by atoms with E-state index < -0.39 is 5.97 Å². The summed E-state index contributed by atoms with van der Waals surface area (Å²) in [5.74, 6) is -1.23. The van der Waals surface area contributed by atoms with Gasteiger partial charge in [-0.15, -0.1) is 0 Å². The fourth-order valence-corrected chi connectivity index (χ4v) is 2.70. The number of nitrogens with zero attached hydrogens (tertiary/aromatic N) is 2. The molecule has 0 saturated carbocycles. The van der Waals surface area contributed by atoms with Crippen LogP contribution in [-0.4, -0.2) is 46.5 Å². The first-order chi connectivity index (χ1) is 9.97. The number of carbonyl (C=O) groups excluding carboxylic acids is 1. The molecule has 0 radical (unpaired) electrons. The first kappa shape index (κ1) is 15.3. The third-order valence-electron chi connectivity index (χ3n) is 3.67. The molecule has 0 spiro atoms. The van der Waals surface area contributed by atoms with E-state index in [2.05, 4.69) is 0 Å². The highest BCUT2D eigenvalue weighted by Crippen LogP contribution is 2.22. The number of aliphatic carboxylic acids is 1. The lowest BCUT2D eigenvalue weighted by atomic mass is 10.1. The third kappa shape index (κ3) is 3.93. The molecule has 0 bridgehead atoms. The zero-order valence-electron chi connectivity index (χ0n) is 12.0. The van der Waals surface area contributed by atoms with Gasteiger partial charge in [-0.05, 0) is 30.5 Å². The highest BCUT2D eigenvalue weighted by atomic mass is 19.1. The average molecular weight is 294 g/mol. The molecule has 1 N–H and O–H groups in total. The maximum Gasteiger partial charge on any atom is 0.320 e. The molecule has 0 aliphatic carbocycles. The Hall–Kier alpha value is -2.11. The maximum atomic E-state index is 13.1. The Balaban J connectivity index is 1.99. The number of likely N-dealkylation sites (tertiary alicyclic amines) is 1. The van der Waals surface area contributed by atoms with E-state index in [1.165, 1.54) is 17.0 Å². The monoisotopic (exact) mass is 294 g/mol. The molecule has 1 saturated heterocycles. The van der Waals surface area contributed by atoms with Gasteiger partial charge in [-0.3, -0.25) is 4.79 Å². The van der Waals surface area contributed by atoms with Gasteiger partial charge in [0.25, 0.3) is 0 Å². The van der Waals surface area contributed by atoms with Gasteiger partial charge in [0, 0.05) is 26.2 Å². The molecule has 6 heteroatoms. The zero-order valence-corrected chi connectivity index (χ0v) is 12.0. The topological polar surface area (TPSA) is 60.9 Å². The number of rotatable bonds is 4. The Morgan fingerprint density at radius 1 is 1.48 bits per heavy atom. The predicted octanol–water partition coefficient (Wildman–Crippen LogP) is 2.32. The molecule has 1 unspecified atom stereocenters. The van der Waals surface area contributed by atoms with E-state index in [-0.39, 0.29) is 24.3 Å². The third-order valence-corrected chi connectivity index (χ3v) is 3.67. The van der Waals surface area contributed by atoms with Gasteiger partial charge in [-0.2, -0.15) is 0 Å². The fraction of sp³-hybridized carbons (Fsp3) is 0.467. The van der Waals surface area contributed by atoms with Crippen LogP contribution < -0.4 is 0 Å². The molecule has 1 heterocycles. The van der Waals surface area contributed by atoms with Crippen molar-refractivity contribution in [2.24, 2.45) is 0 Å². The van der Waals surface area contributed by atoms with Crippen molar-refractivity contribution in [3.8, 4) is 0 Å². The first-order valence-electron chi connectivity index (χ1n) is 6.95. The van der Waals surface area contributed by atoms with Crippen LogP contribution in [0.2, 0.25) is 0 Å². The molecule has 2 amide bonds. The molecule has 1 aliphatic heterocycles. The lowest BCUT2D eigenvalue weighted by molar-refractivity contribution is -0.138. The smallest absolute Gasteiger partial charge is 0.320 e. The normalized spacial score (nSPS) is 17.8. The van der Waals surface area contributed by atoms with Gasteiger partial charge < -0.3 is 14.9 Å². The van der Waals surface area contributed by atoms with Gasteiger partial charge in [0.2, 0.25) is 0 Å². The van der Waals surface area contributed by atoms with E-state index in [9.17, 15) is 14.0 Å². The van der Waals surface area contributed by atoms with Crippen LogP contribution in [0.4, 0.5) is 9.18 Å². The molecule has 1 aromatic carbocycles. The van der Waals surface area contributed by atoms with Crippen molar-refractivity contribution < 1.29 is 19.1 Å². The fourth-order valence-electron chi connectivity index (χ4n) is 2.70. The minimum absolute atomic E-state index is 0.0282. The van der Waals surface area contributed by atoms with E-state index in [4.69, 9.17) is 5.11 Å². The Kier molecular flexibility index (Phi) is 4.77. The van der Waals surface area contributed by atoms with E-state index in [1.54, 1.807) is 24.1 Å². The summed E-state index contributed by atoms with van der Waals surface area (Å²) in [5.41, 5.74) is 0.708. The van der Waals surface area contributed by atoms with Crippen molar-refractivity contribution in [2.75, 3.05) is 13.6 Å². The largest absolute Gasteiger partial charge is 0.481 e. The molecule has 1 fully saturated rings. The maximum absolute atomic E-state index is 13.1.